The van der Waals surface area contributed by atoms with Gasteiger partial charge in [0.1, 0.15) is 0 Å². The number of nitrogens with zero attached hydrogens (tertiary/aromatic N) is 3. The Hall–Kier alpha value is -4.48. The van der Waals surface area contributed by atoms with Crippen molar-refractivity contribution < 1.29 is 31.1 Å². The van der Waals surface area contributed by atoms with Gasteiger partial charge in [-0.3, -0.25) is 9.78 Å². The molecule has 0 saturated carbocycles. The van der Waals surface area contributed by atoms with Crippen molar-refractivity contribution in [3.63, 3.8) is 0 Å². The second-order valence-electron chi connectivity index (χ2n) is 8.11. The highest BCUT2D eigenvalue weighted by atomic mass is 19.4. The summed E-state index contributed by atoms with van der Waals surface area (Å²) in [7, 11) is 0. The van der Waals surface area contributed by atoms with E-state index in [9.17, 15) is 31.1 Å². The summed E-state index contributed by atoms with van der Waals surface area (Å²) in [4.78, 5) is 25.4. The van der Waals surface area contributed by atoms with Crippen LogP contribution in [0.5, 0.6) is 0 Å². The number of amides is 1. The van der Waals surface area contributed by atoms with E-state index in [0.717, 1.165) is 11.1 Å². The van der Waals surface area contributed by atoms with Crippen LogP contribution < -0.4 is 10.6 Å². The van der Waals surface area contributed by atoms with Gasteiger partial charge in [-0.05, 0) is 60.5 Å². The van der Waals surface area contributed by atoms with E-state index < -0.39 is 35.0 Å². The Morgan fingerprint density at radius 1 is 0.895 bits per heavy atom. The molecule has 196 valence electrons. The highest BCUT2D eigenvalue weighted by molar-refractivity contribution is 6.04. The number of carbonyl (C=O) groups is 1. The van der Waals surface area contributed by atoms with E-state index in [1.54, 1.807) is 36.8 Å². The third-order valence-electron chi connectivity index (χ3n) is 5.46. The number of anilines is 3. The summed E-state index contributed by atoms with van der Waals surface area (Å²) in [6.45, 7) is 1.88. The van der Waals surface area contributed by atoms with E-state index in [4.69, 9.17) is 0 Å². The molecule has 4 aromatic rings. The Morgan fingerprint density at radius 3 is 2.21 bits per heavy atom. The lowest BCUT2D eigenvalue weighted by molar-refractivity contribution is -0.143. The molecule has 2 heterocycles. The monoisotopic (exact) mass is 531 g/mol. The molecule has 4 rings (SSSR count). The summed E-state index contributed by atoms with van der Waals surface area (Å²) in [6, 6.07) is 10.7. The molecule has 12 heteroatoms. The maximum absolute atomic E-state index is 13.2. The molecule has 0 unspecified atom stereocenters. The lowest BCUT2D eigenvalue weighted by atomic mass is 10.0. The van der Waals surface area contributed by atoms with Gasteiger partial charge in [-0.2, -0.15) is 26.3 Å². The number of pyridine rings is 1. The van der Waals surface area contributed by atoms with Crippen LogP contribution in [0.3, 0.4) is 0 Å². The minimum atomic E-state index is -5.07. The van der Waals surface area contributed by atoms with Crippen LogP contribution in [0, 0.1) is 0 Å². The van der Waals surface area contributed by atoms with E-state index in [0.29, 0.717) is 29.9 Å². The molecule has 2 N–H and O–H groups in total. The number of halogens is 6. The highest BCUT2D eigenvalue weighted by Gasteiger charge is 2.37. The van der Waals surface area contributed by atoms with E-state index >= 15 is 0 Å². The average Bonchev–Trinajstić information content (AvgIpc) is 2.88. The number of aromatic nitrogens is 3. The van der Waals surface area contributed by atoms with Gasteiger partial charge >= 0.3 is 12.4 Å². The summed E-state index contributed by atoms with van der Waals surface area (Å²) in [6.07, 6.45) is -4.76. The summed E-state index contributed by atoms with van der Waals surface area (Å²) in [5.41, 5.74) is -1.14. The van der Waals surface area contributed by atoms with Crippen LogP contribution in [0.4, 0.5) is 43.7 Å². The van der Waals surface area contributed by atoms with Gasteiger partial charge in [0, 0.05) is 41.1 Å². The van der Waals surface area contributed by atoms with Crippen molar-refractivity contribution in [3.8, 4) is 11.3 Å². The maximum atomic E-state index is 13.2. The first kappa shape index (κ1) is 26.6. The number of benzene rings is 2. The quantitative estimate of drug-likeness (QED) is 0.259. The Morgan fingerprint density at radius 2 is 1.61 bits per heavy atom. The van der Waals surface area contributed by atoms with Gasteiger partial charge in [0.15, 0.2) is 0 Å². The molecule has 0 aliphatic rings. The summed E-state index contributed by atoms with van der Waals surface area (Å²) in [5, 5.41) is 5.42. The molecular weight excluding hydrogens is 512 g/mol. The first-order valence-electron chi connectivity index (χ1n) is 11.2. The Kier molecular flexibility index (Phi) is 7.33. The van der Waals surface area contributed by atoms with Crippen LogP contribution in [-0.2, 0) is 18.8 Å². The number of alkyl halides is 6. The van der Waals surface area contributed by atoms with E-state index in [1.807, 2.05) is 13.0 Å². The molecule has 0 saturated heterocycles. The fourth-order valence-corrected chi connectivity index (χ4v) is 3.58. The molecule has 0 bridgehead atoms. The molecule has 2 aromatic carbocycles. The average molecular weight is 531 g/mol. The topological polar surface area (TPSA) is 79.8 Å². The van der Waals surface area contributed by atoms with Crippen molar-refractivity contribution in [2.24, 2.45) is 0 Å². The number of aryl methyl sites for hydroxylation is 1. The summed E-state index contributed by atoms with van der Waals surface area (Å²) in [5.74, 6) is -0.899. The second-order valence-corrected chi connectivity index (χ2v) is 8.11. The van der Waals surface area contributed by atoms with Crippen molar-refractivity contribution in [1.29, 1.82) is 0 Å². The van der Waals surface area contributed by atoms with Crippen molar-refractivity contribution in [3.05, 3.63) is 95.4 Å². The molecule has 38 heavy (non-hydrogen) atoms. The highest BCUT2D eigenvalue weighted by Crippen LogP contribution is 2.36. The van der Waals surface area contributed by atoms with Crippen LogP contribution in [0.15, 0.2) is 73.2 Å². The van der Waals surface area contributed by atoms with Gasteiger partial charge in [0.25, 0.3) is 5.91 Å². The zero-order chi connectivity index (χ0) is 27.5. The Bertz CT molecular complexity index is 1420. The standard InChI is InChI=1S/C26H19F6N5O/c1-2-15-5-6-20(13-22(15)37-24-34-9-7-21(36-24)16-4-3-8-33-14-16)35-23(38)17-10-18(25(27,28)29)12-19(11-17)26(30,31)32/h3-14H,2H2,1H3,(H,35,38)(H,34,36,37). The van der Waals surface area contributed by atoms with Gasteiger partial charge in [-0.15, -0.1) is 0 Å². The Balaban J connectivity index is 1.62. The third-order valence-corrected chi connectivity index (χ3v) is 5.46. The molecule has 0 radical (unpaired) electrons. The summed E-state index contributed by atoms with van der Waals surface area (Å²) >= 11 is 0. The molecule has 0 aliphatic carbocycles. The molecular formula is C26H19F6N5O. The van der Waals surface area contributed by atoms with E-state index in [2.05, 4.69) is 25.6 Å². The molecule has 0 fully saturated rings. The smallest absolute Gasteiger partial charge is 0.324 e. The van der Waals surface area contributed by atoms with Gasteiger partial charge in [-0.1, -0.05) is 13.0 Å². The normalized spacial score (nSPS) is 11.8. The van der Waals surface area contributed by atoms with Crippen molar-refractivity contribution >= 4 is 23.2 Å². The zero-order valence-electron chi connectivity index (χ0n) is 19.7. The SMILES string of the molecule is CCc1ccc(NC(=O)c2cc(C(F)(F)F)cc(C(F)(F)F)c2)cc1Nc1nccc(-c2cccnc2)n1. The number of carbonyl (C=O) groups excluding carboxylic acids is 1. The van der Waals surface area contributed by atoms with Crippen LogP contribution in [0.1, 0.15) is 34.0 Å². The zero-order valence-corrected chi connectivity index (χ0v) is 19.7. The van der Waals surface area contributed by atoms with Gasteiger partial charge in [0.05, 0.1) is 16.8 Å². The fourth-order valence-electron chi connectivity index (χ4n) is 3.58. The van der Waals surface area contributed by atoms with Crippen molar-refractivity contribution in [2.75, 3.05) is 10.6 Å². The molecule has 1 amide bonds. The molecule has 0 spiro atoms. The van der Waals surface area contributed by atoms with Crippen LogP contribution in [-0.4, -0.2) is 20.9 Å². The minimum absolute atomic E-state index is 0.0333. The number of rotatable bonds is 6. The van der Waals surface area contributed by atoms with Crippen LogP contribution in [0.2, 0.25) is 0 Å². The van der Waals surface area contributed by atoms with Crippen LogP contribution >= 0.6 is 0 Å². The first-order chi connectivity index (χ1) is 17.9. The van der Waals surface area contributed by atoms with Gasteiger partial charge in [0.2, 0.25) is 5.95 Å². The molecule has 6 nitrogen and oxygen atoms in total. The molecule has 2 aromatic heterocycles. The van der Waals surface area contributed by atoms with E-state index in [1.165, 1.54) is 12.1 Å². The lowest BCUT2D eigenvalue weighted by Crippen LogP contribution is -2.17. The largest absolute Gasteiger partial charge is 0.416 e. The number of hydrogen-bond donors (Lipinski definition) is 2. The van der Waals surface area contributed by atoms with Crippen molar-refractivity contribution in [1.82, 2.24) is 15.0 Å². The fraction of sp³-hybridized carbons (Fsp3) is 0.154. The summed E-state index contributed by atoms with van der Waals surface area (Å²) < 4.78 is 79.1. The van der Waals surface area contributed by atoms with Crippen molar-refractivity contribution in [2.45, 2.75) is 25.7 Å². The predicted octanol–water partition coefficient (Wildman–Crippen LogP) is 7.13. The van der Waals surface area contributed by atoms with Gasteiger partial charge < -0.3 is 10.6 Å². The minimum Gasteiger partial charge on any atom is -0.324 e. The third kappa shape index (κ3) is 6.25. The maximum Gasteiger partial charge on any atom is 0.416 e. The second kappa shape index (κ2) is 10.5. The first-order valence-corrected chi connectivity index (χ1v) is 11.2. The van der Waals surface area contributed by atoms with E-state index in [-0.39, 0.29) is 17.7 Å². The molecule has 0 aliphatic heterocycles. The Labute approximate surface area is 212 Å². The number of hydrogen-bond acceptors (Lipinski definition) is 5. The van der Waals surface area contributed by atoms with Gasteiger partial charge in [-0.25, -0.2) is 9.97 Å². The lowest BCUT2D eigenvalue weighted by Gasteiger charge is -2.15. The molecule has 0 atom stereocenters. The van der Waals surface area contributed by atoms with Crippen LogP contribution in [0.25, 0.3) is 11.3 Å². The predicted molar refractivity (Wildman–Crippen MR) is 129 cm³/mol. The number of nitrogens with one attached hydrogen (secondary N) is 2.